The van der Waals surface area contributed by atoms with E-state index < -0.39 is 0 Å². The number of ether oxygens (including phenoxy) is 2. The highest BCUT2D eigenvalue weighted by Crippen LogP contribution is 2.19. The van der Waals surface area contributed by atoms with Gasteiger partial charge in [-0.25, -0.2) is 15.0 Å². The number of aliphatic imine (C=N–C) groups is 2. The quantitative estimate of drug-likeness (QED) is 0.859. The Hall–Kier alpha value is -1.91. The first-order chi connectivity index (χ1) is 10.5. The Morgan fingerprint density at radius 3 is 1.68 bits per heavy atom. The first kappa shape index (κ1) is 15.0. The lowest BCUT2D eigenvalue weighted by atomic mass is 10.1. The normalized spacial score (nSPS) is 24.3. The molecule has 0 fully saturated rings. The monoisotopic (exact) mass is 301 g/mol. The van der Waals surface area contributed by atoms with Gasteiger partial charge in [-0.2, -0.15) is 0 Å². The van der Waals surface area contributed by atoms with Gasteiger partial charge in [0.2, 0.25) is 11.8 Å². The van der Waals surface area contributed by atoms with Gasteiger partial charge < -0.3 is 9.47 Å². The third-order valence-corrected chi connectivity index (χ3v) is 4.07. The molecule has 3 rings (SSSR count). The Bertz CT molecular complexity index is 558. The van der Waals surface area contributed by atoms with Crippen LogP contribution < -0.4 is 0 Å². The molecule has 2 aliphatic rings. The van der Waals surface area contributed by atoms with E-state index in [1.807, 2.05) is 18.2 Å². The molecule has 0 saturated carbocycles. The van der Waals surface area contributed by atoms with E-state index in [2.05, 4.69) is 42.7 Å². The molecule has 0 saturated heterocycles. The van der Waals surface area contributed by atoms with Gasteiger partial charge >= 0.3 is 0 Å². The van der Waals surface area contributed by atoms with Crippen LogP contribution in [0.2, 0.25) is 0 Å². The second-order valence-electron chi connectivity index (χ2n) is 6.52. The molecule has 0 bridgehead atoms. The highest BCUT2D eigenvalue weighted by Gasteiger charge is 2.26. The molecule has 0 aliphatic carbocycles. The molecule has 0 amide bonds. The predicted molar refractivity (Wildman–Crippen MR) is 86.5 cm³/mol. The van der Waals surface area contributed by atoms with Crippen LogP contribution in [0.25, 0.3) is 0 Å². The van der Waals surface area contributed by atoms with E-state index >= 15 is 0 Å². The molecule has 2 aliphatic heterocycles. The van der Waals surface area contributed by atoms with Gasteiger partial charge in [0.05, 0.1) is 12.1 Å². The molecule has 3 heterocycles. The number of aromatic nitrogens is 1. The number of nitrogens with zero attached hydrogens (tertiary/aromatic N) is 3. The van der Waals surface area contributed by atoms with Gasteiger partial charge in [0.1, 0.15) is 24.6 Å². The van der Waals surface area contributed by atoms with E-state index in [1.54, 1.807) is 0 Å². The summed E-state index contributed by atoms with van der Waals surface area (Å²) in [5.41, 5.74) is 1.50. The van der Waals surface area contributed by atoms with Crippen LogP contribution in [-0.2, 0) is 9.47 Å². The first-order valence-electron chi connectivity index (χ1n) is 7.93. The molecule has 1 aromatic heterocycles. The molecular formula is C17H23N3O2. The minimum Gasteiger partial charge on any atom is -0.474 e. The lowest BCUT2D eigenvalue weighted by Gasteiger charge is -2.06. The Kier molecular flexibility index (Phi) is 4.14. The van der Waals surface area contributed by atoms with Crippen molar-refractivity contribution >= 4 is 11.8 Å². The van der Waals surface area contributed by atoms with E-state index in [1.165, 1.54) is 0 Å². The fourth-order valence-corrected chi connectivity index (χ4v) is 2.42. The molecule has 0 aromatic carbocycles. The van der Waals surface area contributed by atoms with E-state index in [0.717, 1.165) is 11.4 Å². The van der Waals surface area contributed by atoms with Crippen LogP contribution in [-0.4, -0.2) is 42.1 Å². The van der Waals surface area contributed by atoms with Crippen molar-refractivity contribution in [3.8, 4) is 0 Å². The van der Waals surface area contributed by atoms with Crippen molar-refractivity contribution < 1.29 is 9.47 Å². The van der Waals surface area contributed by atoms with Crippen molar-refractivity contribution in [1.29, 1.82) is 0 Å². The molecule has 0 N–H and O–H groups in total. The molecule has 0 spiro atoms. The lowest BCUT2D eigenvalue weighted by molar-refractivity contribution is 0.290. The molecule has 5 nitrogen and oxygen atoms in total. The zero-order chi connectivity index (χ0) is 15.7. The van der Waals surface area contributed by atoms with Crippen molar-refractivity contribution in [3.05, 3.63) is 29.6 Å². The Morgan fingerprint density at radius 1 is 0.864 bits per heavy atom. The summed E-state index contributed by atoms with van der Waals surface area (Å²) in [6, 6.07) is 6.21. The van der Waals surface area contributed by atoms with Crippen LogP contribution >= 0.6 is 0 Å². The van der Waals surface area contributed by atoms with Gasteiger partial charge in [0.25, 0.3) is 0 Å². The van der Waals surface area contributed by atoms with E-state index in [-0.39, 0.29) is 12.1 Å². The van der Waals surface area contributed by atoms with Crippen molar-refractivity contribution in [1.82, 2.24) is 4.98 Å². The lowest BCUT2D eigenvalue weighted by Crippen LogP contribution is -2.13. The average Bonchev–Trinajstić information content (AvgIpc) is 3.17. The summed E-state index contributed by atoms with van der Waals surface area (Å²) < 4.78 is 11.4. The zero-order valence-corrected chi connectivity index (χ0v) is 13.6. The van der Waals surface area contributed by atoms with Crippen molar-refractivity contribution in [2.24, 2.45) is 21.8 Å². The highest BCUT2D eigenvalue weighted by atomic mass is 16.5. The minimum atomic E-state index is 0.214. The van der Waals surface area contributed by atoms with Gasteiger partial charge in [-0.1, -0.05) is 33.8 Å². The molecule has 2 atom stereocenters. The summed E-state index contributed by atoms with van der Waals surface area (Å²) >= 11 is 0. The maximum Gasteiger partial charge on any atom is 0.235 e. The van der Waals surface area contributed by atoms with Crippen LogP contribution in [0.15, 0.2) is 28.2 Å². The Balaban J connectivity index is 1.82. The van der Waals surface area contributed by atoms with Crippen molar-refractivity contribution in [2.45, 2.75) is 39.8 Å². The third-order valence-electron chi connectivity index (χ3n) is 4.07. The molecule has 0 radical (unpaired) electrons. The van der Waals surface area contributed by atoms with Gasteiger partial charge in [0.15, 0.2) is 0 Å². The van der Waals surface area contributed by atoms with E-state index in [4.69, 9.17) is 9.47 Å². The number of pyridine rings is 1. The van der Waals surface area contributed by atoms with Crippen LogP contribution in [0, 0.1) is 11.8 Å². The average molecular weight is 301 g/mol. The molecule has 22 heavy (non-hydrogen) atoms. The summed E-state index contributed by atoms with van der Waals surface area (Å²) in [5.74, 6) is 2.18. The van der Waals surface area contributed by atoms with Crippen molar-refractivity contribution in [3.63, 3.8) is 0 Å². The number of hydrogen-bond acceptors (Lipinski definition) is 5. The van der Waals surface area contributed by atoms with E-state index in [9.17, 15) is 0 Å². The fourth-order valence-electron chi connectivity index (χ4n) is 2.42. The zero-order valence-electron chi connectivity index (χ0n) is 13.6. The smallest absolute Gasteiger partial charge is 0.235 e. The summed E-state index contributed by atoms with van der Waals surface area (Å²) in [4.78, 5) is 13.9. The topological polar surface area (TPSA) is 56.1 Å². The molecular weight excluding hydrogens is 278 g/mol. The Morgan fingerprint density at radius 2 is 1.32 bits per heavy atom. The highest BCUT2D eigenvalue weighted by molar-refractivity contribution is 5.97. The minimum absolute atomic E-state index is 0.214. The molecule has 0 unspecified atom stereocenters. The third kappa shape index (κ3) is 2.98. The summed E-state index contributed by atoms with van der Waals surface area (Å²) in [6.07, 6.45) is 0. The Labute approximate surface area is 131 Å². The number of hydrogen-bond donors (Lipinski definition) is 0. The molecule has 1 aromatic rings. The van der Waals surface area contributed by atoms with Gasteiger partial charge in [0, 0.05) is 0 Å². The number of rotatable bonds is 4. The fraction of sp³-hybridized carbons (Fsp3) is 0.588. The predicted octanol–water partition coefficient (Wildman–Crippen LogP) is 2.68. The second-order valence-corrected chi connectivity index (χ2v) is 6.52. The molecule has 5 heteroatoms. The first-order valence-corrected chi connectivity index (χ1v) is 7.93. The SMILES string of the molecule is CC(C)[C@@H]1COC(c2cccc(C3=N[C@H](C(C)C)CO3)n2)=N1. The van der Waals surface area contributed by atoms with Crippen molar-refractivity contribution in [2.75, 3.05) is 13.2 Å². The van der Waals surface area contributed by atoms with Crippen LogP contribution in [0.5, 0.6) is 0 Å². The maximum atomic E-state index is 5.70. The maximum absolute atomic E-state index is 5.70. The van der Waals surface area contributed by atoms with Crippen LogP contribution in [0.3, 0.4) is 0 Å². The summed E-state index contributed by atoms with van der Waals surface area (Å²) in [5, 5.41) is 0. The van der Waals surface area contributed by atoms with Gasteiger partial charge in [-0.3, -0.25) is 0 Å². The second kappa shape index (κ2) is 6.07. The van der Waals surface area contributed by atoms with Gasteiger partial charge in [-0.05, 0) is 24.0 Å². The van der Waals surface area contributed by atoms with Crippen LogP contribution in [0.1, 0.15) is 39.1 Å². The standard InChI is InChI=1S/C17H23N3O2/c1-10(2)14-8-21-16(19-14)12-6-5-7-13(18-12)17-20-15(9-22-17)11(3)4/h5-7,10-11,14-15H,8-9H2,1-4H3/t14-,15-/m0/s1. The largest absolute Gasteiger partial charge is 0.474 e. The summed E-state index contributed by atoms with van der Waals surface area (Å²) in [7, 11) is 0. The molecule has 118 valence electrons. The van der Waals surface area contributed by atoms with Crippen LogP contribution in [0.4, 0.5) is 0 Å². The summed E-state index contributed by atoms with van der Waals surface area (Å²) in [6.45, 7) is 9.86. The van der Waals surface area contributed by atoms with E-state index in [0.29, 0.717) is 36.8 Å². The van der Waals surface area contributed by atoms with Gasteiger partial charge in [-0.15, -0.1) is 0 Å².